The maximum atomic E-state index is 4.23. The molecule has 0 radical (unpaired) electrons. The Morgan fingerprint density at radius 2 is 1.56 bits per heavy atom. The normalized spacial score (nSPS) is 10.7. The first-order valence-corrected chi connectivity index (χ1v) is 6.97. The Kier molecular flexibility index (Phi) is 5.51. The van der Waals surface area contributed by atoms with Crippen molar-refractivity contribution in [2.45, 2.75) is 44.9 Å². The number of aromatic amines is 1. The van der Waals surface area contributed by atoms with Gasteiger partial charge in [-0.15, -0.1) is 0 Å². The van der Waals surface area contributed by atoms with Gasteiger partial charge in [0.05, 0.1) is 0 Å². The molecule has 0 saturated heterocycles. The lowest BCUT2D eigenvalue weighted by Crippen LogP contribution is -1.89. The van der Waals surface area contributed by atoms with Crippen LogP contribution in [0.2, 0.25) is 0 Å². The number of unbranched alkanes of at least 4 members (excludes halogenated alkanes) is 4. The molecule has 2 nitrogen and oxygen atoms in total. The predicted octanol–water partition coefficient (Wildman–Crippen LogP) is 4.15. The summed E-state index contributed by atoms with van der Waals surface area (Å²) in [6.45, 7) is 0. The van der Waals surface area contributed by atoms with E-state index in [9.17, 15) is 0 Å². The van der Waals surface area contributed by atoms with E-state index in [4.69, 9.17) is 0 Å². The fraction of sp³-hybridized carbons (Fsp3) is 0.438. The molecule has 96 valence electrons. The zero-order valence-corrected chi connectivity index (χ0v) is 10.9. The van der Waals surface area contributed by atoms with Crippen LogP contribution in [0.5, 0.6) is 0 Å². The lowest BCUT2D eigenvalue weighted by molar-refractivity contribution is 0.607. The molecule has 0 aliphatic carbocycles. The van der Waals surface area contributed by atoms with Crippen LogP contribution in [0.15, 0.2) is 42.7 Å². The lowest BCUT2D eigenvalue weighted by Gasteiger charge is -2.02. The first-order chi connectivity index (χ1) is 8.95. The average molecular weight is 242 g/mol. The van der Waals surface area contributed by atoms with E-state index < -0.39 is 0 Å². The standard InChI is InChI=1S/C16H22N2/c1(3-8-12-16-17-13-14-18-16)2-5-9-15-10-6-4-7-11-15/h4,6-7,10-11,13-14H,1-3,5,8-9,12H2,(H,17,18). The third-order valence-corrected chi connectivity index (χ3v) is 3.28. The number of aryl methyl sites for hydroxylation is 2. The van der Waals surface area contributed by atoms with Gasteiger partial charge >= 0.3 is 0 Å². The van der Waals surface area contributed by atoms with Gasteiger partial charge < -0.3 is 4.98 Å². The van der Waals surface area contributed by atoms with Crippen molar-refractivity contribution in [1.29, 1.82) is 0 Å². The molecular formula is C16H22N2. The highest BCUT2D eigenvalue weighted by atomic mass is 14.9. The number of nitrogens with one attached hydrogen (secondary N) is 1. The van der Waals surface area contributed by atoms with Gasteiger partial charge in [0.25, 0.3) is 0 Å². The van der Waals surface area contributed by atoms with Gasteiger partial charge in [-0.25, -0.2) is 4.98 Å². The van der Waals surface area contributed by atoms with Gasteiger partial charge in [0.1, 0.15) is 5.82 Å². The molecule has 0 aliphatic rings. The molecule has 1 heterocycles. The molecule has 0 unspecified atom stereocenters. The molecule has 0 saturated carbocycles. The van der Waals surface area contributed by atoms with Crippen LogP contribution in [0.1, 0.15) is 43.5 Å². The van der Waals surface area contributed by atoms with Crippen molar-refractivity contribution in [2.75, 3.05) is 0 Å². The molecule has 0 aliphatic heterocycles. The summed E-state index contributed by atoms with van der Waals surface area (Å²) in [5.41, 5.74) is 1.47. The van der Waals surface area contributed by atoms with Gasteiger partial charge in [-0.2, -0.15) is 0 Å². The van der Waals surface area contributed by atoms with Gasteiger partial charge in [-0.3, -0.25) is 0 Å². The number of rotatable bonds is 8. The Morgan fingerprint density at radius 3 is 2.28 bits per heavy atom. The molecule has 0 atom stereocenters. The maximum absolute atomic E-state index is 4.23. The average Bonchev–Trinajstić information content (AvgIpc) is 2.92. The van der Waals surface area contributed by atoms with E-state index in [-0.39, 0.29) is 0 Å². The highest BCUT2D eigenvalue weighted by Crippen LogP contribution is 2.09. The van der Waals surface area contributed by atoms with Crippen LogP contribution in [0.3, 0.4) is 0 Å². The summed E-state index contributed by atoms with van der Waals surface area (Å²) >= 11 is 0. The number of benzene rings is 1. The van der Waals surface area contributed by atoms with Crippen LogP contribution in [0.25, 0.3) is 0 Å². The summed E-state index contributed by atoms with van der Waals surface area (Å²) in [7, 11) is 0. The maximum Gasteiger partial charge on any atom is 0.105 e. The number of aromatic nitrogens is 2. The molecule has 18 heavy (non-hydrogen) atoms. The molecule has 2 heteroatoms. The van der Waals surface area contributed by atoms with Gasteiger partial charge in [-0.05, 0) is 24.8 Å². The fourth-order valence-corrected chi connectivity index (χ4v) is 2.23. The highest BCUT2D eigenvalue weighted by molar-refractivity contribution is 5.14. The minimum atomic E-state index is 1.09. The molecular weight excluding hydrogens is 220 g/mol. The SMILES string of the molecule is c1ccc(CCCCCCCc2ncc[nH]2)cc1. The van der Waals surface area contributed by atoms with Crippen LogP contribution in [0, 0.1) is 0 Å². The Bertz CT molecular complexity index is 406. The molecule has 0 spiro atoms. The van der Waals surface area contributed by atoms with E-state index in [2.05, 4.69) is 40.3 Å². The summed E-state index contributed by atoms with van der Waals surface area (Å²) in [5.74, 6) is 1.12. The zero-order valence-electron chi connectivity index (χ0n) is 10.9. The summed E-state index contributed by atoms with van der Waals surface area (Å²) < 4.78 is 0. The smallest absolute Gasteiger partial charge is 0.105 e. The molecule has 1 aromatic carbocycles. The van der Waals surface area contributed by atoms with Crippen molar-refractivity contribution in [3.8, 4) is 0 Å². The topological polar surface area (TPSA) is 28.7 Å². The third-order valence-electron chi connectivity index (χ3n) is 3.28. The van der Waals surface area contributed by atoms with Crippen LogP contribution in [-0.4, -0.2) is 9.97 Å². The van der Waals surface area contributed by atoms with Crippen LogP contribution in [-0.2, 0) is 12.8 Å². The minimum absolute atomic E-state index is 1.09. The Balaban J connectivity index is 1.47. The molecule has 2 rings (SSSR count). The predicted molar refractivity (Wildman–Crippen MR) is 75.5 cm³/mol. The summed E-state index contributed by atoms with van der Waals surface area (Å²) in [6, 6.07) is 10.8. The third kappa shape index (κ3) is 4.74. The monoisotopic (exact) mass is 242 g/mol. The van der Waals surface area contributed by atoms with E-state index in [1.807, 2.05) is 12.4 Å². The number of hydrogen-bond donors (Lipinski definition) is 1. The minimum Gasteiger partial charge on any atom is -0.349 e. The quantitative estimate of drug-likeness (QED) is 0.692. The molecule has 0 fully saturated rings. The van der Waals surface area contributed by atoms with E-state index >= 15 is 0 Å². The van der Waals surface area contributed by atoms with Crippen LogP contribution < -0.4 is 0 Å². The van der Waals surface area contributed by atoms with E-state index in [1.54, 1.807) is 0 Å². The summed E-state index contributed by atoms with van der Waals surface area (Å²) in [5, 5.41) is 0. The highest BCUT2D eigenvalue weighted by Gasteiger charge is 1.96. The van der Waals surface area contributed by atoms with Gasteiger partial charge in [0, 0.05) is 18.8 Å². The second kappa shape index (κ2) is 7.70. The van der Waals surface area contributed by atoms with Gasteiger partial charge in [0.2, 0.25) is 0 Å². The van der Waals surface area contributed by atoms with Crippen LogP contribution >= 0.6 is 0 Å². The number of nitrogens with zero attached hydrogens (tertiary/aromatic N) is 1. The molecule has 1 aromatic heterocycles. The van der Waals surface area contributed by atoms with Crippen molar-refractivity contribution in [3.05, 3.63) is 54.1 Å². The second-order valence-electron chi connectivity index (χ2n) is 4.79. The fourth-order valence-electron chi connectivity index (χ4n) is 2.23. The van der Waals surface area contributed by atoms with Crippen molar-refractivity contribution >= 4 is 0 Å². The van der Waals surface area contributed by atoms with E-state index in [0.717, 1.165) is 12.2 Å². The summed E-state index contributed by atoms with van der Waals surface area (Å²) in [6.07, 6.45) is 12.6. The first kappa shape index (κ1) is 12.9. The Hall–Kier alpha value is -1.57. The number of H-pyrrole nitrogens is 1. The van der Waals surface area contributed by atoms with Gasteiger partial charge in [0.15, 0.2) is 0 Å². The van der Waals surface area contributed by atoms with Crippen molar-refractivity contribution in [3.63, 3.8) is 0 Å². The van der Waals surface area contributed by atoms with Crippen molar-refractivity contribution < 1.29 is 0 Å². The zero-order chi connectivity index (χ0) is 12.5. The molecule has 2 aromatic rings. The largest absolute Gasteiger partial charge is 0.349 e. The number of hydrogen-bond acceptors (Lipinski definition) is 1. The Morgan fingerprint density at radius 1 is 0.833 bits per heavy atom. The lowest BCUT2D eigenvalue weighted by atomic mass is 10.0. The second-order valence-corrected chi connectivity index (χ2v) is 4.79. The van der Waals surface area contributed by atoms with E-state index in [1.165, 1.54) is 44.1 Å². The van der Waals surface area contributed by atoms with E-state index in [0.29, 0.717) is 0 Å². The van der Waals surface area contributed by atoms with Crippen molar-refractivity contribution in [1.82, 2.24) is 9.97 Å². The summed E-state index contributed by atoms with van der Waals surface area (Å²) in [4.78, 5) is 7.38. The molecule has 1 N–H and O–H groups in total. The number of imidazole rings is 1. The van der Waals surface area contributed by atoms with Crippen molar-refractivity contribution in [2.24, 2.45) is 0 Å². The Labute approximate surface area is 109 Å². The van der Waals surface area contributed by atoms with Crippen LogP contribution in [0.4, 0.5) is 0 Å². The van der Waals surface area contributed by atoms with Gasteiger partial charge in [-0.1, -0.05) is 49.6 Å². The first-order valence-electron chi connectivity index (χ1n) is 6.97. The molecule has 0 amide bonds. The molecule has 0 bridgehead atoms.